The van der Waals surface area contributed by atoms with Crippen LogP contribution in [0.4, 0.5) is 17.6 Å². The molecule has 1 rings (SSSR count). The van der Waals surface area contributed by atoms with Crippen LogP contribution in [0.3, 0.4) is 0 Å². The predicted octanol–water partition coefficient (Wildman–Crippen LogP) is 3.12. The van der Waals surface area contributed by atoms with Gasteiger partial charge in [-0.25, -0.2) is 4.79 Å². The van der Waals surface area contributed by atoms with Crippen LogP contribution >= 0.6 is 0 Å². The van der Waals surface area contributed by atoms with E-state index < -0.39 is 31.2 Å². The van der Waals surface area contributed by atoms with Crippen molar-refractivity contribution in [3.05, 3.63) is 29.8 Å². The molecule has 0 saturated carbocycles. The van der Waals surface area contributed by atoms with Gasteiger partial charge < -0.3 is 14.2 Å². The Bertz CT molecular complexity index is 468. The van der Waals surface area contributed by atoms with Crippen molar-refractivity contribution in [2.75, 3.05) is 20.3 Å². The molecule has 0 radical (unpaired) electrons. The Labute approximate surface area is 118 Å². The van der Waals surface area contributed by atoms with E-state index in [1.807, 2.05) is 0 Å². The fourth-order valence-corrected chi connectivity index (χ4v) is 1.24. The third-order valence-electron chi connectivity index (χ3n) is 2.44. The van der Waals surface area contributed by atoms with Gasteiger partial charge in [-0.15, -0.1) is 0 Å². The van der Waals surface area contributed by atoms with E-state index in [-0.39, 0.29) is 12.5 Å². The number of hydrogen-bond acceptors (Lipinski definition) is 4. The average Bonchev–Trinajstić information content (AvgIpc) is 2.42. The van der Waals surface area contributed by atoms with Gasteiger partial charge in [0.1, 0.15) is 12.4 Å². The first kappa shape index (κ1) is 17.2. The fourth-order valence-electron chi connectivity index (χ4n) is 1.24. The lowest BCUT2D eigenvalue weighted by molar-refractivity contribution is -0.342. The van der Waals surface area contributed by atoms with E-state index in [4.69, 9.17) is 4.74 Å². The first-order chi connectivity index (χ1) is 9.67. The number of esters is 1. The quantitative estimate of drug-likeness (QED) is 0.441. The molecule has 0 unspecified atom stereocenters. The zero-order valence-corrected chi connectivity index (χ0v) is 11.4. The minimum Gasteiger partial charge on any atom is -0.497 e. The Hall–Kier alpha value is -1.83. The second-order valence-electron chi connectivity index (χ2n) is 4.12. The molecule has 4 nitrogen and oxygen atoms in total. The minimum absolute atomic E-state index is 0.0381. The summed E-state index contributed by atoms with van der Waals surface area (Å²) in [4.78, 5) is 11.5. The Morgan fingerprint density at radius 1 is 1.10 bits per heavy atom. The molecule has 0 aliphatic carbocycles. The highest BCUT2D eigenvalue weighted by atomic mass is 19.3. The number of carbonyl (C=O) groups is 1. The summed E-state index contributed by atoms with van der Waals surface area (Å²) in [5.41, 5.74) is 0.170. The predicted molar refractivity (Wildman–Crippen MR) is 64.8 cm³/mol. The van der Waals surface area contributed by atoms with Gasteiger partial charge in [0.2, 0.25) is 0 Å². The van der Waals surface area contributed by atoms with Crippen LogP contribution < -0.4 is 4.74 Å². The second kappa shape index (κ2) is 6.75. The van der Waals surface area contributed by atoms with Gasteiger partial charge in [0.25, 0.3) is 0 Å². The van der Waals surface area contributed by atoms with E-state index >= 15 is 0 Å². The van der Waals surface area contributed by atoms with Crippen molar-refractivity contribution in [3.8, 4) is 5.75 Å². The molecule has 0 aromatic heterocycles. The number of hydrogen-bond donors (Lipinski definition) is 0. The Balaban J connectivity index is 2.40. The largest absolute Gasteiger partial charge is 0.497 e. The SMILES string of the molecule is COc1ccc(C(=O)OCCOC(F)(F)C(C)(F)F)cc1. The van der Waals surface area contributed by atoms with Crippen LogP contribution in [-0.2, 0) is 9.47 Å². The van der Waals surface area contributed by atoms with Crippen molar-refractivity contribution in [2.24, 2.45) is 0 Å². The van der Waals surface area contributed by atoms with E-state index in [0.29, 0.717) is 5.75 Å². The van der Waals surface area contributed by atoms with Crippen molar-refractivity contribution in [1.82, 2.24) is 0 Å². The number of methoxy groups -OCH3 is 1. The topological polar surface area (TPSA) is 44.8 Å². The highest BCUT2D eigenvalue weighted by Gasteiger charge is 2.53. The van der Waals surface area contributed by atoms with Crippen LogP contribution in [0.15, 0.2) is 24.3 Å². The van der Waals surface area contributed by atoms with Gasteiger partial charge in [0, 0.05) is 6.92 Å². The summed E-state index contributed by atoms with van der Waals surface area (Å²) >= 11 is 0. The third-order valence-corrected chi connectivity index (χ3v) is 2.44. The smallest absolute Gasteiger partial charge is 0.419 e. The van der Waals surface area contributed by atoms with Gasteiger partial charge in [0.05, 0.1) is 19.3 Å². The highest BCUT2D eigenvalue weighted by Crippen LogP contribution is 2.34. The van der Waals surface area contributed by atoms with Gasteiger partial charge in [-0.3, -0.25) is 0 Å². The summed E-state index contributed by atoms with van der Waals surface area (Å²) < 4.78 is 63.6. The molecule has 21 heavy (non-hydrogen) atoms. The highest BCUT2D eigenvalue weighted by molar-refractivity contribution is 5.89. The van der Waals surface area contributed by atoms with Crippen LogP contribution in [0.1, 0.15) is 17.3 Å². The maximum absolute atomic E-state index is 12.7. The summed E-state index contributed by atoms with van der Waals surface area (Å²) in [6.45, 7) is -1.38. The van der Waals surface area contributed by atoms with Gasteiger partial charge >= 0.3 is 18.0 Å². The van der Waals surface area contributed by atoms with Crippen LogP contribution in [0.5, 0.6) is 5.75 Å². The molecule has 0 aliphatic heterocycles. The standard InChI is InChI=1S/C13H14F4O4/c1-12(14,15)13(16,17)21-8-7-20-11(18)9-3-5-10(19-2)6-4-9/h3-6H,7-8H2,1-2H3. The molecule has 118 valence electrons. The van der Waals surface area contributed by atoms with E-state index in [1.165, 1.54) is 31.4 Å². The molecule has 0 spiro atoms. The lowest BCUT2D eigenvalue weighted by atomic mass is 10.2. The molecular formula is C13H14F4O4. The number of benzene rings is 1. The van der Waals surface area contributed by atoms with Gasteiger partial charge in [0.15, 0.2) is 0 Å². The molecule has 0 N–H and O–H groups in total. The van der Waals surface area contributed by atoms with Crippen molar-refractivity contribution in [2.45, 2.75) is 19.0 Å². The van der Waals surface area contributed by atoms with Crippen LogP contribution in [0.25, 0.3) is 0 Å². The molecule has 0 bridgehead atoms. The summed E-state index contributed by atoms with van der Waals surface area (Å²) in [7, 11) is 1.45. The van der Waals surface area contributed by atoms with Crippen LogP contribution in [-0.4, -0.2) is 38.3 Å². The Morgan fingerprint density at radius 3 is 2.14 bits per heavy atom. The summed E-state index contributed by atoms with van der Waals surface area (Å²) in [6.07, 6.45) is -4.61. The van der Waals surface area contributed by atoms with Gasteiger partial charge in [-0.1, -0.05) is 0 Å². The molecule has 0 aliphatic rings. The number of ether oxygens (including phenoxy) is 3. The van der Waals surface area contributed by atoms with Gasteiger partial charge in [-0.2, -0.15) is 17.6 Å². The van der Waals surface area contributed by atoms with E-state index in [1.54, 1.807) is 0 Å². The Kier molecular flexibility index (Phi) is 5.54. The molecule has 0 saturated heterocycles. The zero-order valence-electron chi connectivity index (χ0n) is 11.4. The summed E-state index contributed by atoms with van der Waals surface area (Å²) in [5, 5.41) is 0. The van der Waals surface area contributed by atoms with Crippen molar-refractivity contribution in [3.63, 3.8) is 0 Å². The Morgan fingerprint density at radius 2 is 1.67 bits per heavy atom. The van der Waals surface area contributed by atoms with Crippen LogP contribution in [0, 0.1) is 0 Å². The second-order valence-corrected chi connectivity index (χ2v) is 4.12. The van der Waals surface area contributed by atoms with E-state index in [9.17, 15) is 22.4 Å². The average molecular weight is 310 g/mol. The fraction of sp³-hybridized carbons (Fsp3) is 0.462. The molecular weight excluding hydrogens is 296 g/mol. The lowest BCUT2D eigenvalue weighted by Crippen LogP contribution is -2.41. The first-order valence-corrected chi connectivity index (χ1v) is 5.88. The molecule has 1 aromatic carbocycles. The van der Waals surface area contributed by atoms with E-state index in [0.717, 1.165) is 0 Å². The van der Waals surface area contributed by atoms with Crippen molar-refractivity contribution in [1.29, 1.82) is 0 Å². The maximum Gasteiger partial charge on any atom is 0.419 e. The third kappa shape index (κ3) is 4.89. The molecule has 8 heteroatoms. The van der Waals surface area contributed by atoms with E-state index in [2.05, 4.69) is 9.47 Å². The summed E-state index contributed by atoms with van der Waals surface area (Å²) in [5.74, 6) is -4.57. The van der Waals surface area contributed by atoms with Crippen molar-refractivity contribution < 1.29 is 36.6 Å². The molecule has 0 atom stereocenters. The number of rotatable bonds is 7. The number of halogens is 4. The zero-order chi connectivity index (χ0) is 16.1. The molecule has 0 amide bonds. The molecule has 0 heterocycles. The molecule has 0 fully saturated rings. The van der Waals surface area contributed by atoms with Crippen LogP contribution in [0.2, 0.25) is 0 Å². The maximum atomic E-state index is 12.7. The lowest BCUT2D eigenvalue weighted by Gasteiger charge is -2.22. The first-order valence-electron chi connectivity index (χ1n) is 5.88. The molecule has 1 aromatic rings. The number of alkyl halides is 4. The van der Waals surface area contributed by atoms with Gasteiger partial charge in [-0.05, 0) is 24.3 Å². The normalized spacial score (nSPS) is 12.1. The monoisotopic (exact) mass is 310 g/mol. The summed E-state index contributed by atoms with van der Waals surface area (Å²) in [6, 6.07) is 5.85. The minimum atomic E-state index is -4.61. The number of carbonyl (C=O) groups excluding carboxylic acids is 1. The van der Waals surface area contributed by atoms with Crippen molar-refractivity contribution >= 4 is 5.97 Å².